The molecule has 3 aromatic rings. The van der Waals surface area contributed by atoms with Crippen molar-refractivity contribution >= 4 is 24.0 Å². The van der Waals surface area contributed by atoms with E-state index in [1.165, 1.54) is 17.7 Å². The summed E-state index contributed by atoms with van der Waals surface area (Å²) in [6.07, 6.45) is 2.18. The van der Waals surface area contributed by atoms with Gasteiger partial charge in [0.25, 0.3) is 0 Å². The van der Waals surface area contributed by atoms with E-state index in [-0.39, 0.29) is 24.8 Å². The van der Waals surface area contributed by atoms with Crippen LogP contribution in [0.4, 0.5) is 4.39 Å². The van der Waals surface area contributed by atoms with Crippen molar-refractivity contribution in [3.63, 3.8) is 0 Å². The maximum Gasteiger partial charge on any atom is 0.161 e. The highest BCUT2D eigenvalue weighted by molar-refractivity contribution is 6.31. The second-order valence-corrected chi connectivity index (χ2v) is 7.55. The molecule has 0 spiro atoms. The van der Waals surface area contributed by atoms with Crippen molar-refractivity contribution in [1.29, 1.82) is 0 Å². The molecule has 0 aliphatic heterocycles. The summed E-state index contributed by atoms with van der Waals surface area (Å²) in [5, 5.41) is 3.99. The minimum atomic E-state index is -0.366. The van der Waals surface area contributed by atoms with Crippen LogP contribution < -0.4 is 14.8 Å². The number of ether oxygens (including phenoxy) is 2. The first kappa shape index (κ1) is 25.0. The highest BCUT2D eigenvalue weighted by Crippen LogP contribution is 2.30. The number of halogens is 3. The Hall–Kier alpha value is -2.27. The van der Waals surface area contributed by atoms with Gasteiger partial charge in [-0.15, -0.1) is 12.4 Å². The molecule has 0 aliphatic carbocycles. The predicted octanol–water partition coefficient (Wildman–Crippen LogP) is 7.12. The summed E-state index contributed by atoms with van der Waals surface area (Å²) >= 11 is 6.08. The molecule has 0 aromatic heterocycles. The highest BCUT2D eigenvalue weighted by Gasteiger charge is 2.12. The van der Waals surface area contributed by atoms with Crippen LogP contribution in [-0.4, -0.2) is 7.11 Å². The molecule has 3 rings (SSSR count). The second-order valence-electron chi connectivity index (χ2n) is 7.14. The van der Waals surface area contributed by atoms with E-state index in [4.69, 9.17) is 21.1 Å². The fourth-order valence-corrected chi connectivity index (χ4v) is 3.56. The molecule has 0 saturated heterocycles. The Kier molecular flexibility index (Phi) is 10.1. The van der Waals surface area contributed by atoms with Crippen molar-refractivity contribution in [1.82, 2.24) is 5.32 Å². The maximum atomic E-state index is 13.2. The van der Waals surface area contributed by atoms with Crippen molar-refractivity contribution in [3.05, 3.63) is 94.3 Å². The molecular weight excluding hydrogens is 436 g/mol. The number of rotatable bonds is 10. The Morgan fingerprint density at radius 3 is 2.45 bits per heavy atom. The Morgan fingerprint density at radius 1 is 1.00 bits per heavy atom. The van der Waals surface area contributed by atoms with Gasteiger partial charge in [0, 0.05) is 18.2 Å². The molecule has 0 aliphatic rings. The van der Waals surface area contributed by atoms with Gasteiger partial charge in [-0.05, 0) is 41.8 Å². The van der Waals surface area contributed by atoms with Crippen LogP contribution >= 0.6 is 24.0 Å². The summed E-state index contributed by atoms with van der Waals surface area (Å²) in [5.41, 5.74) is 3.12. The molecule has 1 unspecified atom stereocenters. The van der Waals surface area contributed by atoms with E-state index in [2.05, 4.69) is 36.5 Å². The van der Waals surface area contributed by atoms with Gasteiger partial charge in [-0.2, -0.15) is 0 Å². The van der Waals surface area contributed by atoms with Crippen LogP contribution in [0.1, 0.15) is 42.5 Å². The molecule has 31 heavy (non-hydrogen) atoms. The fraction of sp³-hybridized carbons (Fsp3) is 0.280. The van der Waals surface area contributed by atoms with E-state index in [1.54, 1.807) is 13.2 Å². The summed E-state index contributed by atoms with van der Waals surface area (Å²) in [4.78, 5) is 0. The molecule has 0 heterocycles. The monoisotopic (exact) mass is 463 g/mol. The topological polar surface area (TPSA) is 30.5 Å². The zero-order chi connectivity index (χ0) is 21.3. The van der Waals surface area contributed by atoms with Gasteiger partial charge in [0.2, 0.25) is 0 Å². The molecule has 1 N–H and O–H groups in total. The standard InChI is InChI=1S/C25H27ClFNO2.ClH/c1-3-7-23(19-8-5-4-6-9-19)28-16-18-10-13-24(25(14-18)29-2)30-17-20-11-12-21(27)15-22(20)26;/h4-6,8-15,23,28H,3,7,16-17H2,1-2H3;1H. The number of hydrogen-bond donors (Lipinski definition) is 1. The zero-order valence-electron chi connectivity index (χ0n) is 17.7. The Morgan fingerprint density at radius 2 is 1.77 bits per heavy atom. The van der Waals surface area contributed by atoms with Gasteiger partial charge in [-0.3, -0.25) is 0 Å². The lowest BCUT2D eigenvalue weighted by atomic mass is 10.0. The van der Waals surface area contributed by atoms with Crippen LogP contribution in [0.5, 0.6) is 11.5 Å². The van der Waals surface area contributed by atoms with Crippen LogP contribution in [-0.2, 0) is 13.2 Å². The van der Waals surface area contributed by atoms with Crippen molar-refractivity contribution < 1.29 is 13.9 Å². The highest BCUT2D eigenvalue weighted by atomic mass is 35.5. The summed E-state index contributed by atoms with van der Waals surface area (Å²) < 4.78 is 24.6. The van der Waals surface area contributed by atoms with Crippen molar-refractivity contribution in [2.45, 2.75) is 39.0 Å². The van der Waals surface area contributed by atoms with Crippen molar-refractivity contribution in [2.24, 2.45) is 0 Å². The first-order valence-electron chi connectivity index (χ1n) is 10.1. The van der Waals surface area contributed by atoms with Crippen molar-refractivity contribution in [3.8, 4) is 11.5 Å². The first-order valence-corrected chi connectivity index (χ1v) is 10.5. The van der Waals surface area contributed by atoms with E-state index in [1.807, 2.05) is 24.3 Å². The number of benzene rings is 3. The molecule has 0 bridgehead atoms. The van der Waals surface area contributed by atoms with Crippen LogP contribution in [0.2, 0.25) is 5.02 Å². The zero-order valence-corrected chi connectivity index (χ0v) is 19.3. The average molecular weight is 464 g/mol. The molecule has 6 heteroatoms. The Balaban J connectivity index is 0.00000341. The van der Waals surface area contributed by atoms with Gasteiger partial charge in [0.15, 0.2) is 11.5 Å². The van der Waals surface area contributed by atoms with E-state index in [9.17, 15) is 4.39 Å². The summed E-state index contributed by atoms with van der Waals surface area (Å²) in [5.74, 6) is 0.907. The number of nitrogens with one attached hydrogen (secondary N) is 1. The third kappa shape index (κ3) is 7.13. The Bertz CT molecular complexity index is 954. The lowest BCUT2D eigenvalue weighted by Gasteiger charge is -2.19. The predicted molar refractivity (Wildman–Crippen MR) is 127 cm³/mol. The summed E-state index contributed by atoms with van der Waals surface area (Å²) in [6.45, 7) is 3.15. The smallest absolute Gasteiger partial charge is 0.161 e. The number of methoxy groups -OCH3 is 1. The largest absolute Gasteiger partial charge is 0.493 e. The van der Waals surface area contributed by atoms with E-state index >= 15 is 0 Å². The maximum absolute atomic E-state index is 13.2. The fourth-order valence-electron chi connectivity index (χ4n) is 3.34. The van der Waals surface area contributed by atoms with E-state index < -0.39 is 0 Å². The van der Waals surface area contributed by atoms with Crippen LogP contribution in [0.3, 0.4) is 0 Å². The number of hydrogen-bond acceptors (Lipinski definition) is 3. The third-order valence-electron chi connectivity index (χ3n) is 4.96. The second kappa shape index (κ2) is 12.6. The lowest BCUT2D eigenvalue weighted by Crippen LogP contribution is -2.20. The quantitative estimate of drug-likeness (QED) is 0.347. The minimum absolute atomic E-state index is 0. The van der Waals surface area contributed by atoms with Crippen molar-refractivity contribution in [2.75, 3.05) is 7.11 Å². The van der Waals surface area contributed by atoms with Crippen LogP contribution in [0.25, 0.3) is 0 Å². The van der Waals surface area contributed by atoms with Gasteiger partial charge < -0.3 is 14.8 Å². The average Bonchev–Trinajstić information content (AvgIpc) is 2.77. The normalized spacial score (nSPS) is 11.5. The van der Waals surface area contributed by atoms with Gasteiger partial charge >= 0.3 is 0 Å². The van der Waals surface area contributed by atoms with Crippen LogP contribution in [0, 0.1) is 5.82 Å². The summed E-state index contributed by atoms with van der Waals surface area (Å²) in [7, 11) is 1.62. The Labute approximate surface area is 194 Å². The molecule has 3 aromatic carbocycles. The molecule has 0 saturated carbocycles. The molecule has 166 valence electrons. The van der Waals surface area contributed by atoms with Gasteiger partial charge in [-0.25, -0.2) is 4.39 Å². The summed E-state index contributed by atoms with van der Waals surface area (Å²) in [6, 6.07) is 21.0. The SMILES string of the molecule is CCCC(NCc1ccc(OCc2ccc(F)cc2Cl)c(OC)c1)c1ccccc1.Cl. The molecule has 0 amide bonds. The first-order chi connectivity index (χ1) is 14.6. The molecule has 1 atom stereocenters. The third-order valence-corrected chi connectivity index (χ3v) is 5.31. The molecule has 3 nitrogen and oxygen atoms in total. The molecule has 0 radical (unpaired) electrons. The van der Waals surface area contributed by atoms with Crippen LogP contribution in [0.15, 0.2) is 66.7 Å². The molecule has 0 fully saturated rings. The minimum Gasteiger partial charge on any atom is -0.493 e. The van der Waals surface area contributed by atoms with Gasteiger partial charge in [0.05, 0.1) is 12.1 Å². The van der Waals surface area contributed by atoms with E-state index in [0.29, 0.717) is 22.6 Å². The van der Waals surface area contributed by atoms with E-state index in [0.717, 1.165) is 30.5 Å². The lowest BCUT2D eigenvalue weighted by molar-refractivity contribution is 0.284. The molecular formula is C25H28Cl2FNO2. The van der Waals surface area contributed by atoms with Gasteiger partial charge in [-0.1, -0.05) is 67.4 Å². The van der Waals surface area contributed by atoms with Gasteiger partial charge in [0.1, 0.15) is 12.4 Å².